The van der Waals surface area contributed by atoms with E-state index in [-0.39, 0.29) is 23.4 Å². The average molecular weight is 377 g/mol. The number of piperidine rings is 1. The highest BCUT2D eigenvalue weighted by molar-refractivity contribution is 5.80. The molecule has 3 aliphatic rings. The van der Waals surface area contributed by atoms with E-state index >= 15 is 0 Å². The predicted octanol–water partition coefficient (Wildman–Crippen LogP) is 2.06. The molecule has 5 rings (SSSR count). The maximum atomic E-state index is 13.1. The molecule has 2 bridgehead atoms. The van der Waals surface area contributed by atoms with Gasteiger partial charge in [-0.2, -0.15) is 0 Å². The van der Waals surface area contributed by atoms with E-state index in [2.05, 4.69) is 29.2 Å². The number of likely N-dealkylation sites (tertiary alicyclic amines) is 1. The number of hydrogen-bond donors (Lipinski definition) is 0. The normalized spacial score (nSPS) is 26.6. The zero-order valence-electron chi connectivity index (χ0n) is 16.5. The van der Waals surface area contributed by atoms with Crippen molar-refractivity contribution in [3.63, 3.8) is 0 Å². The van der Waals surface area contributed by atoms with Gasteiger partial charge in [0.2, 0.25) is 5.91 Å². The van der Waals surface area contributed by atoms with Gasteiger partial charge in [0.05, 0.1) is 0 Å². The van der Waals surface area contributed by atoms with Crippen LogP contribution in [-0.2, 0) is 17.6 Å². The molecule has 28 heavy (non-hydrogen) atoms. The average Bonchev–Trinajstić information content (AvgIpc) is 3.12. The van der Waals surface area contributed by atoms with Crippen molar-refractivity contribution in [2.75, 3.05) is 27.2 Å². The molecular weight excluding hydrogens is 350 g/mol. The highest BCUT2D eigenvalue weighted by Crippen LogP contribution is 2.43. The van der Waals surface area contributed by atoms with Crippen LogP contribution in [0.2, 0.25) is 0 Å². The van der Waals surface area contributed by atoms with Crippen molar-refractivity contribution in [1.82, 2.24) is 14.4 Å². The summed E-state index contributed by atoms with van der Waals surface area (Å²) in [6, 6.07) is 14.3. The van der Waals surface area contributed by atoms with E-state index in [9.17, 15) is 9.59 Å². The van der Waals surface area contributed by atoms with Gasteiger partial charge in [0.1, 0.15) is 6.04 Å². The number of carbonyl (C=O) groups is 1. The first kappa shape index (κ1) is 17.7. The lowest BCUT2D eigenvalue weighted by Crippen LogP contribution is -2.55. The van der Waals surface area contributed by atoms with Gasteiger partial charge in [0.15, 0.2) is 0 Å². The van der Waals surface area contributed by atoms with E-state index in [1.165, 1.54) is 11.1 Å². The lowest BCUT2D eigenvalue weighted by Gasteiger charge is -2.48. The van der Waals surface area contributed by atoms with Crippen LogP contribution in [0.5, 0.6) is 0 Å². The van der Waals surface area contributed by atoms with Crippen LogP contribution in [0.1, 0.15) is 35.2 Å². The topological polar surface area (TPSA) is 45.6 Å². The van der Waals surface area contributed by atoms with Crippen LogP contribution < -0.4 is 5.56 Å². The summed E-state index contributed by atoms with van der Waals surface area (Å²) in [4.78, 5) is 30.0. The molecule has 1 aromatic carbocycles. The highest BCUT2D eigenvalue weighted by atomic mass is 16.2. The summed E-state index contributed by atoms with van der Waals surface area (Å²) in [6.07, 6.45) is 3.16. The third-order valence-corrected chi connectivity index (χ3v) is 6.92. The van der Waals surface area contributed by atoms with Crippen LogP contribution in [0.3, 0.4) is 0 Å². The summed E-state index contributed by atoms with van der Waals surface area (Å²) >= 11 is 0. The smallest absolute Gasteiger partial charge is 0.251 e. The lowest BCUT2D eigenvalue weighted by molar-refractivity contribution is -0.136. The third-order valence-electron chi connectivity index (χ3n) is 6.92. The molecule has 1 saturated heterocycles. The number of nitrogens with zero attached hydrogens (tertiary/aromatic N) is 3. The SMILES string of the molecule is CN(C)C(=O)[C@H]1[C@H]2C[C@H](CN(C3Cc4ccccc4C3)C2)c2cccc(=O)n21. The fourth-order valence-electron chi connectivity index (χ4n) is 5.64. The molecule has 0 saturated carbocycles. The summed E-state index contributed by atoms with van der Waals surface area (Å²) in [5, 5.41) is 0. The van der Waals surface area contributed by atoms with E-state index in [0.717, 1.165) is 38.0 Å². The van der Waals surface area contributed by atoms with Gasteiger partial charge in [-0.1, -0.05) is 30.3 Å². The molecule has 1 amide bonds. The van der Waals surface area contributed by atoms with Crippen molar-refractivity contribution in [3.8, 4) is 0 Å². The predicted molar refractivity (Wildman–Crippen MR) is 108 cm³/mol. The second-order valence-corrected chi connectivity index (χ2v) is 8.81. The summed E-state index contributed by atoms with van der Waals surface area (Å²) in [5.74, 6) is 0.544. The molecule has 146 valence electrons. The van der Waals surface area contributed by atoms with Crippen LogP contribution in [0.25, 0.3) is 0 Å². The Hall–Kier alpha value is -2.40. The summed E-state index contributed by atoms with van der Waals surface area (Å²) in [6.45, 7) is 1.86. The second kappa shape index (κ2) is 6.59. The molecular formula is C23H27N3O2. The first-order valence-corrected chi connectivity index (χ1v) is 10.3. The molecule has 0 unspecified atom stereocenters. The van der Waals surface area contributed by atoms with Crippen molar-refractivity contribution in [2.45, 2.75) is 37.3 Å². The van der Waals surface area contributed by atoms with Gasteiger partial charge < -0.3 is 4.90 Å². The van der Waals surface area contributed by atoms with Gasteiger partial charge in [0, 0.05) is 56.8 Å². The van der Waals surface area contributed by atoms with Crippen molar-refractivity contribution in [1.29, 1.82) is 0 Å². The Morgan fingerprint density at radius 1 is 1.00 bits per heavy atom. The molecule has 0 spiro atoms. The molecule has 2 aromatic rings. The van der Waals surface area contributed by atoms with Crippen LogP contribution in [0, 0.1) is 5.92 Å². The minimum atomic E-state index is -0.387. The maximum absolute atomic E-state index is 13.1. The van der Waals surface area contributed by atoms with E-state index in [0.29, 0.717) is 12.0 Å². The van der Waals surface area contributed by atoms with Crippen LogP contribution in [0.15, 0.2) is 47.3 Å². The van der Waals surface area contributed by atoms with Gasteiger partial charge in [-0.05, 0) is 36.5 Å². The van der Waals surface area contributed by atoms with Crippen LogP contribution >= 0.6 is 0 Å². The number of aromatic nitrogens is 1. The first-order chi connectivity index (χ1) is 13.5. The Balaban J connectivity index is 1.50. The van der Waals surface area contributed by atoms with Crippen molar-refractivity contribution in [3.05, 3.63) is 69.6 Å². The van der Waals surface area contributed by atoms with E-state index in [4.69, 9.17) is 0 Å². The molecule has 5 nitrogen and oxygen atoms in total. The number of pyridine rings is 1. The number of rotatable bonds is 2. The third kappa shape index (κ3) is 2.72. The molecule has 3 heterocycles. The molecule has 3 atom stereocenters. The number of likely N-dealkylation sites (N-methyl/N-ethyl adjacent to an activating group) is 1. The summed E-state index contributed by atoms with van der Waals surface area (Å²) < 4.78 is 1.79. The van der Waals surface area contributed by atoms with Gasteiger partial charge in [0.25, 0.3) is 5.56 Å². The number of benzene rings is 1. The summed E-state index contributed by atoms with van der Waals surface area (Å²) in [5.41, 5.74) is 3.90. The number of hydrogen-bond acceptors (Lipinski definition) is 3. The molecule has 1 aliphatic carbocycles. The van der Waals surface area contributed by atoms with Gasteiger partial charge in [-0.3, -0.25) is 19.1 Å². The Morgan fingerprint density at radius 3 is 2.39 bits per heavy atom. The fourth-order valence-corrected chi connectivity index (χ4v) is 5.64. The van der Waals surface area contributed by atoms with Crippen molar-refractivity contribution >= 4 is 5.91 Å². The Morgan fingerprint density at radius 2 is 1.71 bits per heavy atom. The second-order valence-electron chi connectivity index (χ2n) is 8.81. The molecule has 1 aromatic heterocycles. The van der Waals surface area contributed by atoms with Crippen LogP contribution in [-0.4, -0.2) is 53.5 Å². The minimum absolute atomic E-state index is 0.0366. The van der Waals surface area contributed by atoms with E-state index < -0.39 is 0 Å². The van der Waals surface area contributed by atoms with Gasteiger partial charge in [-0.15, -0.1) is 0 Å². The molecule has 0 radical (unpaired) electrons. The largest absolute Gasteiger partial charge is 0.347 e. The maximum Gasteiger partial charge on any atom is 0.251 e. The lowest BCUT2D eigenvalue weighted by atomic mass is 9.77. The standard InChI is InChI=1S/C23H27N3O2/c1-24(2)23(28)22-18-10-17(20-8-5-9-21(27)26(20)22)13-25(14-18)19-11-15-6-3-4-7-16(15)12-19/h3-9,17-19,22H,10-14H2,1-2H3/t17-,18+,22-/m1/s1. The zero-order chi connectivity index (χ0) is 19.4. The molecule has 1 fully saturated rings. The van der Waals surface area contributed by atoms with Gasteiger partial charge >= 0.3 is 0 Å². The zero-order valence-corrected chi connectivity index (χ0v) is 16.5. The minimum Gasteiger partial charge on any atom is -0.347 e. The van der Waals surface area contributed by atoms with Gasteiger partial charge in [-0.25, -0.2) is 0 Å². The molecule has 0 N–H and O–H groups in total. The number of carbonyl (C=O) groups excluding carboxylic acids is 1. The summed E-state index contributed by atoms with van der Waals surface area (Å²) in [7, 11) is 3.58. The molecule has 5 heteroatoms. The van der Waals surface area contributed by atoms with E-state index in [1.807, 2.05) is 12.1 Å². The van der Waals surface area contributed by atoms with E-state index in [1.54, 1.807) is 29.6 Å². The van der Waals surface area contributed by atoms with Crippen molar-refractivity contribution < 1.29 is 4.79 Å². The first-order valence-electron chi connectivity index (χ1n) is 10.3. The highest BCUT2D eigenvalue weighted by Gasteiger charge is 2.45. The van der Waals surface area contributed by atoms with Crippen molar-refractivity contribution in [2.24, 2.45) is 5.92 Å². The number of amides is 1. The monoisotopic (exact) mass is 377 g/mol. The fraction of sp³-hybridized carbons (Fsp3) is 0.478. The Bertz CT molecular complexity index is 955. The Labute approximate surface area is 165 Å². The number of fused-ring (bicyclic) bond motifs is 5. The molecule has 2 aliphatic heterocycles. The van der Waals surface area contributed by atoms with Crippen LogP contribution in [0.4, 0.5) is 0 Å². The quantitative estimate of drug-likeness (QED) is 0.805. The Kier molecular flexibility index (Phi) is 4.16.